The van der Waals surface area contributed by atoms with Gasteiger partial charge < -0.3 is 16.4 Å². The van der Waals surface area contributed by atoms with Crippen molar-refractivity contribution in [3.8, 4) is 0 Å². The number of nitrogens with two attached hydrogens (primary N) is 1. The predicted octanol–water partition coefficient (Wildman–Crippen LogP) is 1.98. The van der Waals surface area contributed by atoms with Gasteiger partial charge in [-0.15, -0.1) is 0 Å². The molecule has 1 aliphatic heterocycles. The number of nitrogen functional groups attached to an aromatic ring is 1. The van der Waals surface area contributed by atoms with E-state index >= 15 is 0 Å². The lowest BCUT2D eigenvalue weighted by atomic mass is 10.1. The first-order valence-corrected chi connectivity index (χ1v) is 6.18. The number of rotatable bonds is 4. The van der Waals surface area contributed by atoms with Gasteiger partial charge in [-0.2, -0.15) is 0 Å². The number of carbonyl (C=O) groups is 1. The average Bonchev–Trinajstić information content (AvgIpc) is 3.02. The molecular formula is C13H17N3O. The SMILES string of the molecule is Nc1cc2c(cc1NCCC1CC1)NC(=O)C2. The Morgan fingerprint density at radius 2 is 2.24 bits per heavy atom. The molecule has 1 saturated carbocycles. The molecule has 1 fully saturated rings. The fourth-order valence-corrected chi connectivity index (χ4v) is 2.26. The van der Waals surface area contributed by atoms with Gasteiger partial charge in [0.1, 0.15) is 0 Å². The summed E-state index contributed by atoms with van der Waals surface area (Å²) in [6.45, 7) is 0.960. The van der Waals surface area contributed by atoms with Crippen LogP contribution in [0.1, 0.15) is 24.8 Å². The summed E-state index contributed by atoms with van der Waals surface area (Å²) < 4.78 is 0. The van der Waals surface area contributed by atoms with E-state index in [0.717, 1.165) is 35.1 Å². The van der Waals surface area contributed by atoms with Gasteiger partial charge in [-0.1, -0.05) is 12.8 Å². The lowest BCUT2D eigenvalue weighted by Gasteiger charge is -2.11. The Balaban J connectivity index is 1.71. The highest BCUT2D eigenvalue weighted by atomic mass is 16.1. The van der Waals surface area contributed by atoms with Crippen molar-refractivity contribution < 1.29 is 4.79 Å². The average molecular weight is 231 g/mol. The van der Waals surface area contributed by atoms with E-state index in [1.54, 1.807) is 0 Å². The Bertz CT molecular complexity index is 466. The fraction of sp³-hybridized carbons (Fsp3) is 0.462. The third-order valence-electron chi connectivity index (χ3n) is 3.47. The van der Waals surface area contributed by atoms with Crippen LogP contribution in [0.3, 0.4) is 0 Å². The monoisotopic (exact) mass is 231 g/mol. The lowest BCUT2D eigenvalue weighted by molar-refractivity contribution is -0.115. The summed E-state index contributed by atoms with van der Waals surface area (Å²) in [6, 6.07) is 3.84. The highest BCUT2D eigenvalue weighted by Gasteiger charge is 2.21. The Labute approximate surface area is 101 Å². The molecular weight excluding hydrogens is 214 g/mol. The van der Waals surface area contributed by atoms with Crippen molar-refractivity contribution >= 4 is 23.0 Å². The zero-order chi connectivity index (χ0) is 11.8. The maximum absolute atomic E-state index is 11.3. The summed E-state index contributed by atoms with van der Waals surface area (Å²) >= 11 is 0. The molecule has 1 aliphatic carbocycles. The molecule has 0 bridgehead atoms. The van der Waals surface area contributed by atoms with Gasteiger partial charge in [-0.3, -0.25) is 4.79 Å². The maximum atomic E-state index is 11.3. The second-order valence-electron chi connectivity index (χ2n) is 4.98. The number of carbonyl (C=O) groups excluding carboxylic acids is 1. The van der Waals surface area contributed by atoms with E-state index in [2.05, 4.69) is 10.6 Å². The quantitative estimate of drug-likeness (QED) is 0.694. The molecule has 0 aromatic heterocycles. The molecule has 90 valence electrons. The van der Waals surface area contributed by atoms with Crippen LogP contribution < -0.4 is 16.4 Å². The minimum Gasteiger partial charge on any atom is -0.397 e. The Morgan fingerprint density at radius 3 is 3.00 bits per heavy atom. The van der Waals surface area contributed by atoms with Gasteiger partial charge in [0.15, 0.2) is 0 Å². The highest BCUT2D eigenvalue weighted by Crippen LogP contribution is 2.34. The van der Waals surface area contributed by atoms with Crippen LogP contribution in [0.15, 0.2) is 12.1 Å². The first-order valence-electron chi connectivity index (χ1n) is 6.18. The molecule has 2 aliphatic rings. The number of amides is 1. The van der Waals surface area contributed by atoms with Crippen LogP contribution in [0.5, 0.6) is 0 Å². The molecule has 1 aromatic rings. The summed E-state index contributed by atoms with van der Waals surface area (Å²) in [6.07, 6.45) is 4.40. The Kier molecular flexibility index (Phi) is 2.42. The number of benzene rings is 1. The third-order valence-corrected chi connectivity index (χ3v) is 3.47. The molecule has 1 aromatic carbocycles. The zero-order valence-corrected chi connectivity index (χ0v) is 9.75. The molecule has 4 heteroatoms. The Hall–Kier alpha value is -1.71. The van der Waals surface area contributed by atoms with Crippen molar-refractivity contribution in [2.24, 2.45) is 5.92 Å². The van der Waals surface area contributed by atoms with Crippen LogP contribution in [0.4, 0.5) is 17.1 Å². The lowest BCUT2D eigenvalue weighted by Crippen LogP contribution is -2.06. The fourth-order valence-electron chi connectivity index (χ4n) is 2.26. The van der Waals surface area contributed by atoms with Crippen LogP contribution in [0, 0.1) is 5.92 Å². The van der Waals surface area contributed by atoms with Crippen LogP contribution in [0.25, 0.3) is 0 Å². The number of anilines is 3. The van der Waals surface area contributed by atoms with Crippen molar-refractivity contribution in [3.63, 3.8) is 0 Å². The minimum atomic E-state index is 0.0505. The molecule has 3 rings (SSSR count). The number of nitrogens with one attached hydrogen (secondary N) is 2. The summed E-state index contributed by atoms with van der Waals surface area (Å²) in [5.41, 5.74) is 9.54. The normalized spacial score (nSPS) is 17.8. The molecule has 4 nitrogen and oxygen atoms in total. The first-order chi connectivity index (χ1) is 8.22. The van der Waals surface area contributed by atoms with Gasteiger partial charge in [0.05, 0.1) is 17.8 Å². The van der Waals surface area contributed by atoms with Crippen molar-refractivity contribution in [1.82, 2.24) is 0 Å². The van der Waals surface area contributed by atoms with E-state index in [1.807, 2.05) is 12.1 Å². The molecule has 1 heterocycles. The van der Waals surface area contributed by atoms with Gasteiger partial charge in [0.25, 0.3) is 0 Å². The van der Waals surface area contributed by atoms with Crippen LogP contribution in [0.2, 0.25) is 0 Å². The maximum Gasteiger partial charge on any atom is 0.228 e. The van der Waals surface area contributed by atoms with Crippen LogP contribution in [-0.2, 0) is 11.2 Å². The largest absolute Gasteiger partial charge is 0.397 e. The molecule has 1 amide bonds. The molecule has 0 unspecified atom stereocenters. The smallest absolute Gasteiger partial charge is 0.228 e. The Morgan fingerprint density at radius 1 is 1.41 bits per heavy atom. The molecule has 0 atom stereocenters. The zero-order valence-electron chi connectivity index (χ0n) is 9.75. The van der Waals surface area contributed by atoms with Crippen molar-refractivity contribution in [2.45, 2.75) is 25.7 Å². The summed E-state index contributed by atoms with van der Waals surface area (Å²) in [5, 5.41) is 6.19. The molecule has 17 heavy (non-hydrogen) atoms. The van der Waals surface area contributed by atoms with Crippen molar-refractivity contribution in [3.05, 3.63) is 17.7 Å². The summed E-state index contributed by atoms with van der Waals surface area (Å²) in [7, 11) is 0. The molecule has 0 saturated heterocycles. The van der Waals surface area contributed by atoms with Crippen molar-refractivity contribution in [1.29, 1.82) is 0 Å². The third kappa shape index (κ3) is 2.20. The highest BCUT2D eigenvalue weighted by molar-refractivity contribution is 6.00. The van der Waals surface area contributed by atoms with E-state index < -0.39 is 0 Å². The van der Waals surface area contributed by atoms with Gasteiger partial charge in [-0.25, -0.2) is 0 Å². The number of hydrogen-bond donors (Lipinski definition) is 3. The first kappa shape index (κ1) is 10.4. The predicted molar refractivity (Wildman–Crippen MR) is 69.0 cm³/mol. The van der Waals surface area contributed by atoms with E-state index in [9.17, 15) is 4.79 Å². The summed E-state index contributed by atoms with van der Waals surface area (Å²) in [5.74, 6) is 0.965. The molecule has 4 N–H and O–H groups in total. The van der Waals surface area contributed by atoms with Crippen molar-refractivity contribution in [2.75, 3.05) is 22.9 Å². The van der Waals surface area contributed by atoms with E-state index in [4.69, 9.17) is 5.73 Å². The van der Waals surface area contributed by atoms with E-state index in [-0.39, 0.29) is 5.91 Å². The summed E-state index contributed by atoms with van der Waals surface area (Å²) in [4.78, 5) is 11.3. The topological polar surface area (TPSA) is 67.2 Å². The van der Waals surface area contributed by atoms with E-state index in [1.165, 1.54) is 19.3 Å². The van der Waals surface area contributed by atoms with Gasteiger partial charge in [0, 0.05) is 12.2 Å². The van der Waals surface area contributed by atoms with Gasteiger partial charge >= 0.3 is 0 Å². The standard InChI is InChI=1S/C13H17N3O/c14-10-5-9-6-13(17)16-11(9)7-12(10)15-4-3-8-1-2-8/h5,7-8,15H,1-4,6,14H2,(H,16,17). The number of fused-ring (bicyclic) bond motifs is 1. The van der Waals surface area contributed by atoms with Gasteiger partial charge in [-0.05, 0) is 30.0 Å². The molecule has 0 radical (unpaired) electrons. The molecule has 0 spiro atoms. The van der Waals surface area contributed by atoms with Crippen LogP contribution in [-0.4, -0.2) is 12.5 Å². The second-order valence-corrected chi connectivity index (χ2v) is 4.98. The van der Waals surface area contributed by atoms with Crippen LogP contribution >= 0.6 is 0 Å². The minimum absolute atomic E-state index is 0.0505. The number of hydrogen-bond acceptors (Lipinski definition) is 3. The van der Waals surface area contributed by atoms with E-state index in [0.29, 0.717) is 6.42 Å². The van der Waals surface area contributed by atoms with Gasteiger partial charge in [0.2, 0.25) is 5.91 Å². The second kappa shape index (κ2) is 3.95.